The van der Waals surface area contributed by atoms with Crippen LogP contribution >= 0.6 is 10.7 Å². The van der Waals surface area contributed by atoms with Gasteiger partial charge >= 0.3 is 0 Å². The number of aromatic amines is 1. The summed E-state index contributed by atoms with van der Waals surface area (Å²) in [6, 6.07) is 1.39. The van der Waals surface area contributed by atoms with Gasteiger partial charge in [0.2, 0.25) is 0 Å². The Balaban J connectivity index is 2.03. The van der Waals surface area contributed by atoms with Gasteiger partial charge in [0, 0.05) is 22.9 Å². The molecule has 2 N–H and O–H groups in total. The van der Waals surface area contributed by atoms with Gasteiger partial charge in [0.25, 0.3) is 15.0 Å². The van der Waals surface area contributed by atoms with Crippen molar-refractivity contribution < 1.29 is 13.2 Å². The zero-order valence-corrected chi connectivity index (χ0v) is 12.4. The smallest absolute Gasteiger partial charge is 0.267 e. The average molecular weight is 305 g/mol. The Morgan fingerprint density at radius 1 is 1.53 bits per heavy atom. The molecule has 1 atom stereocenters. The van der Waals surface area contributed by atoms with Crippen LogP contribution in [0, 0.1) is 5.41 Å². The minimum atomic E-state index is -3.80. The highest BCUT2D eigenvalue weighted by Crippen LogP contribution is 2.36. The van der Waals surface area contributed by atoms with Crippen LogP contribution in [0.2, 0.25) is 0 Å². The standard InChI is InChI=1S/C12H17ClN2O3S/c1-12(2)4-3-8(6-12)15-11(16)10-5-9(7-14-10)19(13,17)18/h5,7-8,14H,3-4,6H2,1-2H3,(H,15,16). The third-order valence-electron chi connectivity index (χ3n) is 3.49. The van der Waals surface area contributed by atoms with E-state index in [0.717, 1.165) is 19.3 Å². The minimum Gasteiger partial charge on any atom is -0.356 e. The maximum Gasteiger partial charge on any atom is 0.267 e. The molecule has 1 fully saturated rings. The molecule has 106 valence electrons. The molecule has 1 unspecified atom stereocenters. The maximum atomic E-state index is 12.0. The van der Waals surface area contributed by atoms with Crippen molar-refractivity contribution in [1.82, 2.24) is 10.3 Å². The lowest BCUT2D eigenvalue weighted by Gasteiger charge is -2.17. The molecular weight excluding hydrogens is 288 g/mol. The van der Waals surface area contributed by atoms with Gasteiger partial charge in [-0.15, -0.1) is 0 Å². The molecule has 0 spiro atoms. The fraction of sp³-hybridized carbons (Fsp3) is 0.583. The van der Waals surface area contributed by atoms with Gasteiger partial charge in [-0.1, -0.05) is 13.8 Å². The predicted molar refractivity (Wildman–Crippen MR) is 72.7 cm³/mol. The van der Waals surface area contributed by atoms with Crippen molar-refractivity contribution in [3.8, 4) is 0 Å². The van der Waals surface area contributed by atoms with E-state index in [9.17, 15) is 13.2 Å². The quantitative estimate of drug-likeness (QED) is 0.841. The summed E-state index contributed by atoms with van der Waals surface area (Å²) in [6.07, 6.45) is 4.17. The van der Waals surface area contributed by atoms with Crippen molar-refractivity contribution in [3.05, 3.63) is 18.0 Å². The average Bonchev–Trinajstić information content (AvgIpc) is 2.84. The van der Waals surface area contributed by atoms with E-state index in [2.05, 4.69) is 24.1 Å². The van der Waals surface area contributed by atoms with E-state index in [-0.39, 0.29) is 28.0 Å². The summed E-state index contributed by atoms with van der Waals surface area (Å²) in [4.78, 5) is 14.5. The molecule has 0 aliphatic heterocycles. The van der Waals surface area contributed by atoms with Gasteiger partial charge in [0.05, 0.1) is 0 Å². The largest absolute Gasteiger partial charge is 0.356 e. The number of carbonyl (C=O) groups is 1. The third-order valence-corrected chi connectivity index (χ3v) is 4.82. The van der Waals surface area contributed by atoms with Crippen LogP contribution in [0.15, 0.2) is 17.2 Å². The second kappa shape index (κ2) is 4.83. The van der Waals surface area contributed by atoms with Crippen LogP contribution in [-0.2, 0) is 9.05 Å². The molecule has 1 saturated carbocycles. The number of aromatic nitrogens is 1. The summed E-state index contributed by atoms with van der Waals surface area (Å²) in [7, 11) is 1.40. The molecule has 0 saturated heterocycles. The van der Waals surface area contributed by atoms with Gasteiger partial charge in [-0.25, -0.2) is 8.42 Å². The zero-order chi connectivity index (χ0) is 14.3. The summed E-state index contributed by atoms with van der Waals surface area (Å²) >= 11 is 0. The van der Waals surface area contributed by atoms with Gasteiger partial charge in [0.15, 0.2) is 0 Å². The van der Waals surface area contributed by atoms with Gasteiger partial charge in [-0.2, -0.15) is 0 Å². The van der Waals surface area contributed by atoms with Crippen LogP contribution in [0.4, 0.5) is 0 Å². The van der Waals surface area contributed by atoms with E-state index in [0.29, 0.717) is 0 Å². The molecule has 0 aromatic carbocycles. The van der Waals surface area contributed by atoms with Crippen molar-refractivity contribution >= 4 is 25.6 Å². The molecule has 0 radical (unpaired) electrons. The molecule has 0 bridgehead atoms. The lowest BCUT2D eigenvalue weighted by atomic mass is 9.92. The highest BCUT2D eigenvalue weighted by atomic mass is 35.7. The monoisotopic (exact) mass is 304 g/mol. The van der Waals surface area contributed by atoms with Crippen molar-refractivity contribution in [3.63, 3.8) is 0 Å². The first-order valence-corrected chi connectivity index (χ1v) is 8.42. The van der Waals surface area contributed by atoms with E-state index in [1.165, 1.54) is 12.3 Å². The normalized spacial score (nSPS) is 22.4. The van der Waals surface area contributed by atoms with Crippen LogP contribution in [-0.4, -0.2) is 25.4 Å². The van der Waals surface area contributed by atoms with Gasteiger partial charge in [-0.05, 0) is 30.7 Å². The van der Waals surface area contributed by atoms with Gasteiger partial charge < -0.3 is 10.3 Å². The number of H-pyrrole nitrogens is 1. The van der Waals surface area contributed by atoms with Crippen molar-refractivity contribution in [2.75, 3.05) is 0 Å². The van der Waals surface area contributed by atoms with Crippen molar-refractivity contribution in [2.45, 2.75) is 44.0 Å². The van der Waals surface area contributed by atoms with E-state index < -0.39 is 9.05 Å². The minimum absolute atomic E-state index is 0.0916. The Morgan fingerprint density at radius 3 is 2.68 bits per heavy atom. The fourth-order valence-corrected chi connectivity index (χ4v) is 3.19. The molecule has 2 rings (SSSR count). The number of halogens is 1. The first-order chi connectivity index (χ1) is 8.67. The molecule has 1 aliphatic carbocycles. The first-order valence-electron chi connectivity index (χ1n) is 6.11. The summed E-state index contributed by atoms with van der Waals surface area (Å²) in [5.41, 5.74) is 0.460. The lowest BCUT2D eigenvalue weighted by molar-refractivity contribution is 0.0931. The maximum absolute atomic E-state index is 12.0. The molecular formula is C12H17ClN2O3S. The summed E-state index contributed by atoms with van der Waals surface area (Å²) in [5.74, 6) is -0.297. The van der Waals surface area contributed by atoms with Gasteiger partial charge in [0.1, 0.15) is 10.6 Å². The molecule has 1 heterocycles. The molecule has 19 heavy (non-hydrogen) atoms. The molecule has 5 nitrogen and oxygen atoms in total. The SMILES string of the molecule is CC1(C)CCC(NC(=O)c2cc(S(=O)(=O)Cl)c[nH]2)C1. The molecule has 1 aromatic rings. The highest BCUT2D eigenvalue weighted by molar-refractivity contribution is 8.13. The Kier molecular flexibility index (Phi) is 3.66. The molecule has 1 amide bonds. The first kappa shape index (κ1) is 14.4. The van der Waals surface area contributed by atoms with E-state index in [4.69, 9.17) is 10.7 Å². The summed E-state index contributed by atoms with van der Waals surface area (Å²) in [6.45, 7) is 4.35. The number of nitrogens with one attached hydrogen (secondary N) is 2. The second-order valence-electron chi connectivity index (χ2n) is 5.76. The lowest BCUT2D eigenvalue weighted by Crippen LogP contribution is -2.33. The van der Waals surface area contributed by atoms with Crippen LogP contribution in [0.3, 0.4) is 0 Å². The predicted octanol–water partition coefficient (Wildman–Crippen LogP) is 2.25. The number of amides is 1. The third kappa shape index (κ3) is 3.51. The van der Waals surface area contributed by atoms with Crippen molar-refractivity contribution in [2.24, 2.45) is 5.41 Å². The number of hydrogen-bond donors (Lipinski definition) is 2. The van der Waals surface area contributed by atoms with Crippen LogP contribution in [0.5, 0.6) is 0 Å². The molecule has 7 heteroatoms. The van der Waals surface area contributed by atoms with Crippen LogP contribution in [0.25, 0.3) is 0 Å². The summed E-state index contributed by atoms with van der Waals surface area (Å²) < 4.78 is 22.2. The topological polar surface area (TPSA) is 79.0 Å². The second-order valence-corrected chi connectivity index (χ2v) is 8.33. The Bertz CT molecular complexity index is 592. The zero-order valence-electron chi connectivity index (χ0n) is 10.9. The van der Waals surface area contributed by atoms with E-state index in [1.807, 2.05) is 0 Å². The van der Waals surface area contributed by atoms with E-state index in [1.54, 1.807) is 0 Å². The fourth-order valence-electron chi connectivity index (χ4n) is 2.47. The van der Waals surface area contributed by atoms with Crippen molar-refractivity contribution in [1.29, 1.82) is 0 Å². The molecule has 1 aromatic heterocycles. The Labute approximate surface area is 117 Å². The molecule has 1 aliphatic rings. The highest BCUT2D eigenvalue weighted by Gasteiger charge is 2.32. The Hall–Kier alpha value is -1.01. The summed E-state index contributed by atoms with van der Waals surface area (Å²) in [5, 5.41) is 2.91. The Morgan fingerprint density at radius 2 is 2.21 bits per heavy atom. The van der Waals surface area contributed by atoms with Crippen LogP contribution in [0.1, 0.15) is 43.6 Å². The number of rotatable bonds is 3. The van der Waals surface area contributed by atoms with Crippen LogP contribution < -0.4 is 5.32 Å². The number of carbonyl (C=O) groups excluding carboxylic acids is 1. The van der Waals surface area contributed by atoms with E-state index >= 15 is 0 Å². The van der Waals surface area contributed by atoms with Gasteiger partial charge in [-0.3, -0.25) is 4.79 Å². The number of hydrogen-bond acceptors (Lipinski definition) is 3.